The van der Waals surface area contributed by atoms with Crippen LogP contribution in [0.15, 0.2) is 35.6 Å². The zero-order chi connectivity index (χ0) is 17.0. The monoisotopic (exact) mass is 320 g/mol. The van der Waals surface area contributed by atoms with Crippen molar-refractivity contribution in [2.24, 2.45) is 5.16 Å². The van der Waals surface area contributed by atoms with Gasteiger partial charge in [0.25, 0.3) is 0 Å². The number of aliphatic carboxylic acids is 2. The van der Waals surface area contributed by atoms with Gasteiger partial charge in [-0.3, -0.25) is 0 Å². The molecular formula is C15H16N2O6. The van der Waals surface area contributed by atoms with Crippen LogP contribution in [0.25, 0.3) is 10.9 Å². The maximum Gasteiger partial charge on any atom is 0.353 e. The Labute approximate surface area is 131 Å². The first-order valence-electron chi connectivity index (χ1n) is 6.71. The molecule has 1 aromatic carbocycles. The van der Waals surface area contributed by atoms with Crippen molar-refractivity contribution in [2.45, 2.75) is 18.4 Å². The zero-order valence-electron chi connectivity index (χ0n) is 12.3. The summed E-state index contributed by atoms with van der Waals surface area (Å²) in [5, 5.41) is 32.9. The van der Waals surface area contributed by atoms with Crippen molar-refractivity contribution in [1.29, 1.82) is 0 Å². The summed E-state index contributed by atoms with van der Waals surface area (Å²) in [5.41, 5.74) is -1.54. The van der Waals surface area contributed by atoms with Crippen LogP contribution in [0.2, 0.25) is 0 Å². The summed E-state index contributed by atoms with van der Waals surface area (Å²) >= 11 is 0. The smallest absolute Gasteiger partial charge is 0.353 e. The second-order valence-corrected chi connectivity index (χ2v) is 5.08. The van der Waals surface area contributed by atoms with Crippen LogP contribution in [0.5, 0.6) is 0 Å². The van der Waals surface area contributed by atoms with E-state index in [4.69, 9.17) is 5.11 Å². The van der Waals surface area contributed by atoms with Gasteiger partial charge in [0.15, 0.2) is 11.3 Å². The fourth-order valence-corrected chi connectivity index (χ4v) is 2.34. The third-order valence-electron chi connectivity index (χ3n) is 3.46. The number of benzene rings is 1. The summed E-state index contributed by atoms with van der Waals surface area (Å²) in [5.74, 6) is -2.99. The van der Waals surface area contributed by atoms with E-state index in [0.717, 1.165) is 18.0 Å². The molecule has 0 aliphatic heterocycles. The van der Waals surface area contributed by atoms with Gasteiger partial charge in [0.1, 0.15) is 7.11 Å². The lowest BCUT2D eigenvalue weighted by Crippen LogP contribution is -2.44. The highest BCUT2D eigenvalue weighted by Gasteiger charge is 2.40. The minimum atomic E-state index is -2.32. The van der Waals surface area contributed by atoms with Gasteiger partial charge in [-0.15, -0.1) is 0 Å². The number of aromatic nitrogens is 1. The number of nitrogens with one attached hydrogen (secondary N) is 1. The topological polar surface area (TPSA) is 132 Å². The molecule has 0 saturated heterocycles. The largest absolute Gasteiger partial charge is 0.479 e. The molecule has 0 amide bonds. The van der Waals surface area contributed by atoms with Gasteiger partial charge in [-0.2, -0.15) is 0 Å². The van der Waals surface area contributed by atoms with E-state index in [2.05, 4.69) is 15.0 Å². The number of hydrogen-bond acceptors (Lipinski definition) is 5. The SMILES string of the molecule is CON=C(CC(O)(Cc1c[nH]c2ccccc12)C(=O)O)C(=O)O. The first-order chi connectivity index (χ1) is 10.9. The van der Waals surface area contributed by atoms with Crippen LogP contribution in [-0.2, 0) is 20.8 Å². The molecule has 0 aliphatic rings. The highest BCUT2D eigenvalue weighted by atomic mass is 16.6. The number of aromatic amines is 1. The molecule has 0 saturated carbocycles. The van der Waals surface area contributed by atoms with Crippen LogP contribution in [0, 0.1) is 0 Å². The van der Waals surface area contributed by atoms with Crippen LogP contribution in [0.3, 0.4) is 0 Å². The quantitative estimate of drug-likeness (QED) is 0.444. The number of para-hydroxylation sites is 1. The van der Waals surface area contributed by atoms with E-state index in [9.17, 15) is 19.8 Å². The maximum absolute atomic E-state index is 11.5. The summed E-state index contributed by atoms with van der Waals surface area (Å²) in [6.07, 6.45) is 0.625. The number of oxime groups is 1. The summed E-state index contributed by atoms with van der Waals surface area (Å²) in [4.78, 5) is 29.9. The number of fused-ring (bicyclic) bond motifs is 1. The van der Waals surface area contributed by atoms with Crippen LogP contribution >= 0.6 is 0 Å². The van der Waals surface area contributed by atoms with Gasteiger partial charge >= 0.3 is 11.9 Å². The van der Waals surface area contributed by atoms with Crippen LogP contribution < -0.4 is 0 Å². The standard InChI is InChI=1S/C15H16N2O6/c1-23-17-12(13(18)19)7-15(22,14(20)21)6-9-8-16-11-5-3-2-4-10(9)11/h2-5,8,16,22H,6-7H2,1H3,(H,18,19)(H,20,21). The Morgan fingerprint density at radius 1 is 1.30 bits per heavy atom. The van der Waals surface area contributed by atoms with Gasteiger partial charge in [0.05, 0.1) is 0 Å². The molecule has 0 spiro atoms. The molecule has 2 rings (SSSR count). The van der Waals surface area contributed by atoms with E-state index < -0.39 is 29.7 Å². The van der Waals surface area contributed by atoms with Crippen LogP contribution in [-0.4, -0.2) is 50.7 Å². The Morgan fingerprint density at radius 2 is 2.00 bits per heavy atom. The summed E-state index contributed by atoms with van der Waals surface area (Å²) in [7, 11) is 1.14. The second kappa shape index (κ2) is 6.49. The Morgan fingerprint density at radius 3 is 2.61 bits per heavy atom. The van der Waals surface area contributed by atoms with E-state index in [-0.39, 0.29) is 6.42 Å². The molecule has 1 unspecified atom stereocenters. The second-order valence-electron chi connectivity index (χ2n) is 5.08. The van der Waals surface area contributed by atoms with Crippen molar-refractivity contribution in [3.8, 4) is 0 Å². The molecule has 0 bridgehead atoms. The number of aliphatic hydroxyl groups is 1. The van der Waals surface area contributed by atoms with Crippen LogP contribution in [0.4, 0.5) is 0 Å². The number of carboxylic acids is 2. The molecule has 1 atom stereocenters. The average Bonchev–Trinajstić information content (AvgIpc) is 2.90. The molecule has 2 aromatic rings. The highest BCUT2D eigenvalue weighted by Crippen LogP contribution is 2.25. The van der Waals surface area contributed by atoms with Crippen molar-refractivity contribution in [1.82, 2.24) is 4.98 Å². The highest BCUT2D eigenvalue weighted by molar-refractivity contribution is 6.36. The fourth-order valence-electron chi connectivity index (χ4n) is 2.34. The number of rotatable bonds is 7. The molecule has 0 fully saturated rings. The molecule has 23 heavy (non-hydrogen) atoms. The Balaban J connectivity index is 2.36. The summed E-state index contributed by atoms with van der Waals surface area (Å²) < 4.78 is 0. The fraction of sp³-hybridized carbons (Fsp3) is 0.267. The van der Waals surface area contributed by atoms with E-state index in [1.54, 1.807) is 18.3 Å². The van der Waals surface area contributed by atoms with Gasteiger partial charge in [-0.1, -0.05) is 23.4 Å². The number of carboxylic acid groups (broad SMARTS) is 2. The molecule has 0 radical (unpaired) electrons. The molecule has 1 heterocycles. The predicted molar refractivity (Wildman–Crippen MR) is 81.3 cm³/mol. The van der Waals surface area contributed by atoms with Crippen molar-refractivity contribution < 1.29 is 29.7 Å². The van der Waals surface area contributed by atoms with Crippen molar-refractivity contribution in [3.05, 3.63) is 36.0 Å². The number of H-pyrrole nitrogens is 1. The predicted octanol–water partition coefficient (Wildman–Crippen LogP) is 1.00. The van der Waals surface area contributed by atoms with Gasteiger partial charge in [-0.25, -0.2) is 9.59 Å². The molecule has 8 heteroatoms. The molecule has 0 aliphatic carbocycles. The number of nitrogens with zero attached hydrogens (tertiary/aromatic N) is 1. The first-order valence-corrected chi connectivity index (χ1v) is 6.71. The van der Waals surface area contributed by atoms with E-state index in [1.165, 1.54) is 0 Å². The number of hydrogen-bond donors (Lipinski definition) is 4. The van der Waals surface area contributed by atoms with Crippen molar-refractivity contribution >= 4 is 28.6 Å². The molecule has 4 N–H and O–H groups in total. The van der Waals surface area contributed by atoms with Gasteiger partial charge < -0.3 is 25.1 Å². The Bertz CT molecular complexity index is 766. The average molecular weight is 320 g/mol. The van der Waals surface area contributed by atoms with Gasteiger partial charge in [0, 0.05) is 29.9 Å². The third-order valence-corrected chi connectivity index (χ3v) is 3.46. The van der Waals surface area contributed by atoms with Gasteiger partial charge in [0.2, 0.25) is 0 Å². The lowest BCUT2D eigenvalue weighted by Gasteiger charge is -2.22. The van der Waals surface area contributed by atoms with Crippen LogP contribution in [0.1, 0.15) is 12.0 Å². The minimum Gasteiger partial charge on any atom is -0.479 e. The third kappa shape index (κ3) is 3.49. The normalized spacial score (nSPS) is 14.4. The molecule has 8 nitrogen and oxygen atoms in total. The lowest BCUT2D eigenvalue weighted by molar-refractivity contribution is -0.157. The van der Waals surface area contributed by atoms with Crippen molar-refractivity contribution in [2.75, 3.05) is 7.11 Å². The first kappa shape index (κ1) is 16.5. The number of carbonyl (C=O) groups is 2. The Kier molecular flexibility index (Phi) is 4.65. The summed E-state index contributed by atoms with van der Waals surface area (Å²) in [6.45, 7) is 0. The molecule has 122 valence electrons. The Hall–Kier alpha value is -2.87. The zero-order valence-corrected chi connectivity index (χ0v) is 12.3. The van der Waals surface area contributed by atoms with Crippen molar-refractivity contribution in [3.63, 3.8) is 0 Å². The maximum atomic E-state index is 11.5. The lowest BCUT2D eigenvalue weighted by atomic mass is 9.89. The van der Waals surface area contributed by atoms with E-state index in [1.807, 2.05) is 12.1 Å². The van der Waals surface area contributed by atoms with E-state index >= 15 is 0 Å². The van der Waals surface area contributed by atoms with Gasteiger partial charge in [-0.05, 0) is 11.6 Å². The molecule has 1 aromatic heterocycles. The minimum absolute atomic E-state index is 0.275. The summed E-state index contributed by atoms with van der Waals surface area (Å²) in [6, 6.07) is 7.20. The van der Waals surface area contributed by atoms with E-state index in [0.29, 0.717) is 5.56 Å². The molecular weight excluding hydrogens is 304 g/mol.